The number of nitrogens with zero attached hydrogens (tertiary/aromatic N) is 1. The molecule has 33 heavy (non-hydrogen) atoms. The average molecular weight is 458 g/mol. The first-order valence-electron chi connectivity index (χ1n) is 12.9. The molecule has 0 aromatic heterocycles. The van der Waals surface area contributed by atoms with E-state index in [-0.39, 0.29) is 11.4 Å². The van der Waals surface area contributed by atoms with Crippen LogP contribution in [0.2, 0.25) is 0 Å². The highest BCUT2D eigenvalue weighted by molar-refractivity contribution is 5.82. The van der Waals surface area contributed by atoms with Crippen molar-refractivity contribution in [1.29, 1.82) is 0 Å². The second kappa shape index (κ2) is 16.4. The van der Waals surface area contributed by atoms with Gasteiger partial charge in [0.05, 0.1) is 6.61 Å². The first kappa shape index (κ1) is 27.0. The van der Waals surface area contributed by atoms with Gasteiger partial charge in [-0.25, -0.2) is 4.39 Å². The Morgan fingerprint density at radius 3 is 1.97 bits per heavy atom. The van der Waals surface area contributed by atoms with E-state index in [1.54, 1.807) is 6.21 Å². The molecule has 2 aromatic rings. The van der Waals surface area contributed by atoms with Crippen LogP contribution in [0.25, 0.3) is 0 Å². The summed E-state index contributed by atoms with van der Waals surface area (Å²) in [6.07, 6.45) is 17.1. The summed E-state index contributed by atoms with van der Waals surface area (Å²) in [5.41, 5.74) is 2.15. The van der Waals surface area contributed by atoms with E-state index in [9.17, 15) is 8.78 Å². The third kappa shape index (κ3) is 10.5. The number of rotatable bonds is 17. The first-order valence-corrected chi connectivity index (χ1v) is 12.9. The van der Waals surface area contributed by atoms with Crippen LogP contribution in [0.15, 0.2) is 41.4 Å². The Morgan fingerprint density at radius 2 is 1.30 bits per heavy atom. The Morgan fingerprint density at radius 1 is 0.697 bits per heavy atom. The summed E-state index contributed by atoms with van der Waals surface area (Å²) in [5, 5.41) is 0. The lowest BCUT2D eigenvalue weighted by Crippen LogP contribution is -2.01. The van der Waals surface area contributed by atoms with Gasteiger partial charge in [0, 0.05) is 6.21 Å². The fraction of sp³-hybridized carbons (Fsp3) is 0.552. The summed E-state index contributed by atoms with van der Waals surface area (Å²) in [5.74, 6) is -1.98. The fourth-order valence-corrected chi connectivity index (χ4v) is 3.82. The van der Waals surface area contributed by atoms with Crippen LogP contribution in [0, 0.1) is 11.6 Å². The van der Waals surface area contributed by atoms with E-state index in [0.29, 0.717) is 6.61 Å². The van der Waals surface area contributed by atoms with Gasteiger partial charge in [-0.3, -0.25) is 4.99 Å². The van der Waals surface area contributed by atoms with E-state index in [0.717, 1.165) is 31.2 Å². The summed E-state index contributed by atoms with van der Waals surface area (Å²) in [7, 11) is 0. The maximum atomic E-state index is 14.4. The predicted octanol–water partition coefficient (Wildman–Crippen LogP) is 9.36. The molecule has 4 heteroatoms. The lowest BCUT2D eigenvalue weighted by Gasteiger charge is -2.09. The number of hydrogen-bond donors (Lipinski definition) is 0. The van der Waals surface area contributed by atoms with Crippen LogP contribution in [-0.4, -0.2) is 12.8 Å². The molecule has 0 aliphatic heterocycles. The van der Waals surface area contributed by atoms with Crippen molar-refractivity contribution in [2.24, 2.45) is 4.99 Å². The molecule has 2 nitrogen and oxygen atoms in total. The van der Waals surface area contributed by atoms with Crippen LogP contribution in [0.5, 0.6) is 5.75 Å². The highest BCUT2D eigenvalue weighted by atomic mass is 19.2. The van der Waals surface area contributed by atoms with E-state index in [4.69, 9.17) is 4.74 Å². The Balaban J connectivity index is 1.80. The maximum Gasteiger partial charge on any atom is 0.202 e. The Hall–Kier alpha value is -2.23. The molecular formula is C29H41F2NO. The zero-order valence-electron chi connectivity index (χ0n) is 20.6. The van der Waals surface area contributed by atoms with E-state index < -0.39 is 11.6 Å². The molecular weight excluding hydrogens is 416 g/mol. The molecule has 0 fully saturated rings. The monoisotopic (exact) mass is 457 g/mol. The van der Waals surface area contributed by atoms with Gasteiger partial charge in [0.25, 0.3) is 0 Å². The minimum absolute atomic E-state index is 0.0180. The molecule has 0 aliphatic rings. The number of hydrogen-bond acceptors (Lipinski definition) is 2. The van der Waals surface area contributed by atoms with Gasteiger partial charge in [-0.2, -0.15) is 4.39 Å². The summed E-state index contributed by atoms with van der Waals surface area (Å²) >= 11 is 0. The van der Waals surface area contributed by atoms with Crippen LogP contribution in [-0.2, 0) is 6.42 Å². The van der Waals surface area contributed by atoms with E-state index in [1.807, 2.05) is 12.1 Å². The molecule has 0 spiro atoms. The quantitative estimate of drug-likeness (QED) is 0.171. The second-order valence-corrected chi connectivity index (χ2v) is 8.84. The van der Waals surface area contributed by atoms with Crippen LogP contribution < -0.4 is 4.74 Å². The van der Waals surface area contributed by atoms with Gasteiger partial charge < -0.3 is 4.74 Å². The van der Waals surface area contributed by atoms with Crippen LogP contribution in [0.1, 0.15) is 102 Å². The lowest BCUT2D eigenvalue weighted by molar-refractivity contribution is 0.285. The van der Waals surface area contributed by atoms with Gasteiger partial charge in [-0.15, -0.1) is 0 Å². The number of benzene rings is 2. The predicted molar refractivity (Wildman–Crippen MR) is 136 cm³/mol. The molecule has 0 saturated carbocycles. The molecule has 0 heterocycles. The Kier molecular flexibility index (Phi) is 13.4. The Labute approximate surface area is 199 Å². The lowest BCUT2D eigenvalue weighted by atomic mass is 10.0. The van der Waals surface area contributed by atoms with E-state index >= 15 is 0 Å². The molecule has 0 radical (unpaired) electrons. The second-order valence-electron chi connectivity index (χ2n) is 8.84. The van der Waals surface area contributed by atoms with Gasteiger partial charge in [0.1, 0.15) is 5.69 Å². The highest BCUT2D eigenvalue weighted by Crippen LogP contribution is 2.28. The smallest absolute Gasteiger partial charge is 0.202 e. The van der Waals surface area contributed by atoms with Gasteiger partial charge >= 0.3 is 0 Å². The summed E-state index contributed by atoms with van der Waals surface area (Å²) in [4.78, 5) is 4.15. The van der Waals surface area contributed by atoms with E-state index in [1.165, 1.54) is 75.5 Å². The number of ether oxygens (including phenoxy) is 1. The largest absolute Gasteiger partial charge is 0.490 e. The average Bonchev–Trinajstić information content (AvgIpc) is 2.83. The number of aliphatic imine (C=N–C) groups is 1. The standard InChI is InChI=1S/C29H41F2NO/c1-3-5-7-9-11-13-15-24-16-18-25(19-17-24)23-32-26-20-21-27(29(31)28(26)30)33-22-14-12-10-8-6-4-2/h16-21,23H,3-15,22H2,1-2H3/b32-23-. The van der Waals surface area contributed by atoms with Gasteiger partial charge in [-0.05, 0) is 42.5 Å². The molecule has 0 atom stereocenters. The minimum atomic E-state index is -0.968. The SMILES string of the molecule is CCCCCCCCOc1ccc(/N=C\c2ccc(CCCCCCCC)cc2)c(F)c1F. The molecule has 2 aromatic carbocycles. The van der Waals surface area contributed by atoms with Crippen LogP contribution in [0.3, 0.4) is 0 Å². The van der Waals surface area contributed by atoms with Crippen molar-refractivity contribution in [3.63, 3.8) is 0 Å². The zero-order chi connectivity index (χ0) is 23.7. The van der Waals surface area contributed by atoms with Crippen molar-refractivity contribution in [3.8, 4) is 5.75 Å². The fourth-order valence-electron chi connectivity index (χ4n) is 3.82. The van der Waals surface area contributed by atoms with Crippen molar-refractivity contribution in [3.05, 3.63) is 59.2 Å². The van der Waals surface area contributed by atoms with E-state index in [2.05, 4.69) is 31.0 Å². The molecule has 0 N–H and O–H groups in total. The molecule has 2 rings (SSSR count). The molecule has 0 aliphatic carbocycles. The number of halogens is 2. The van der Waals surface area contributed by atoms with Crippen LogP contribution in [0.4, 0.5) is 14.5 Å². The highest BCUT2D eigenvalue weighted by Gasteiger charge is 2.14. The van der Waals surface area contributed by atoms with Crippen molar-refractivity contribution in [1.82, 2.24) is 0 Å². The van der Waals surface area contributed by atoms with Gasteiger partial charge in [-0.1, -0.05) is 102 Å². The van der Waals surface area contributed by atoms with Crippen molar-refractivity contribution in [2.45, 2.75) is 97.3 Å². The topological polar surface area (TPSA) is 21.6 Å². The van der Waals surface area contributed by atoms with Crippen molar-refractivity contribution in [2.75, 3.05) is 6.61 Å². The van der Waals surface area contributed by atoms with Gasteiger partial charge in [0.2, 0.25) is 5.82 Å². The Bertz CT molecular complexity index is 817. The molecule has 0 bridgehead atoms. The molecule has 0 amide bonds. The summed E-state index contributed by atoms with van der Waals surface area (Å²) < 4.78 is 34.2. The normalized spacial score (nSPS) is 11.4. The maximum absolute atomic E-state index is 14.4. The number of aryl methyl sites for hydroxylation is 1. The van der Waals surface area contributed by atoms with Crippen molar-refractivity contribution < 1.29 is 13.5 Å². The zero-order valence-corrected chi connectivity index (χ0v) is 20.6. The summed E-state index contributed by atoms with van der Waals surface area (Å²) in [6, 6.07) is 11.1. The third-order valence-corrected chi connectivity index (χ3v) is 5.93. The molecule has 0 saturated heterocycles. The first-order chi connectivity index (χ1) is 16.2. The summed E-state index contributed by atoms with van der Waals surface area (Å²) in [6.45, 7) is 4.81. The van der Waals surface area contributed by atoms with Crippen molar-refractivity contribution >= 4 is 11.9 Å². The molecule has 0 unspecified atom stereocenters. The number of unbranched alkanes of at least 4 members (excludes halogenated alkanes) is 10. The minimum Gasteiger partial charge on any atom is -0.490 e. The third-order valence-electron chi connectivity index (χ3n) is 5.93. The molecule has 182 valence electrons. The van der Waals surface area contributed by atoms with Gasteiger partial charge in [0.15, 0.2) is 11.6 Å². The van der Waals surface area contributed by atoms with Crippen LogP contribution >= 0.6 is 0 Å².